The number of nitrogens with one attached hydrogen (secondary N) is 1. The average Bonchev–Trinajstić information content (AvgIpc) is 2.53. The molecule has 4 aliphatic carbocycles. The molecule has 24 heavy (non-hydrogen) atoms. The summed E-state index contributed by atoms with van der Waals surface area (Å²) in [6, 6.07) is 5.05. The van der Waals surface area contributed by atoms with Gasteiger partial charge in [-0.15, -0.1) is 0 Å². The number of pyridine rings is 1. The van der Waals surface area contributed by atoms with Crippen molar-refractivity contribution in [2.24, 2.45) is 17.8 Å². The molecule has 0 spiro atoms. The molecule has 0 radical (unpaired) electrons. The van der Waals surface area contributed by atoms with E-state index in [1.165, 1.54) is 25.5 Å². The van der Waals surface area contributed by atoms with Crippen molar-refractivity contribution in [3.63, 3.8) is 0 Å². The first-order chi connectivity index (χ1) is 11.5. The first kappa shape index (κ1) is 15.6. The lowest BCUT2D eigenvalue weighted by Crippen LogP contribution is -2.61. The van der Waals surface area contributed by atoms with Crippen molar-refractivity contribution in [3.05, 3.63) is 30.1 Å². The van der Waals surface area contributed by atoms with Gasteiger partial charge in [0.25, 0.3) is 5.91 Å². The highest BCUT2D eigenvalue weighted by Crippen LogP contribution is 2.55. The molecule has 5 rings (SSSR count). The highest BCUT2D eigenvalue weighted by molar-refractivity contribution is 5.90. The van der Waals surface area contributed by atoms with Gasteiger partial charge in [-0.1, -0.05) is 6.07 Å². The van der Waals surface area contributed by atoms with Crippen LogP contribution in [0.5, 0.6) is 0 Å². The lowest BCUT2D eigenvalue weighted by molar-refractivity contribution is -0.134. The third-order valence-corrected chi connectivity index (χ3v) is 5.95. The van der Waals surface area contributed by atoms with E-state index in [1.807, 2.05) is 0 Å². The van der Waals surface area contributed by atoms with E-state index in [9.17, 15) is 9.59 Å². The van der Waals surface area contributed by atoms with Crippen LogP contribution < -0.4 is 5.32 Å². The molecular formula is C19H24N2O3. The number of amides is 1. The third-order valence-electron chi connectivity index (χ3n) is 5.95. The van der Waals surface area contributed by atoms with Crippen LogP contribution in [-0.4, -0.2) is 28.5 Å². The highest BCUT2D eigenvalue weighted by atomic mass is 16.5. The van der Waals surface area contributed by atoms with Gasteiger partial charge in [-0.25, -0.2) is 9.78 Å². The Morgan fingerprint density at radius 2 is 1.79 bits per heavy atom. The van der Waals surface area contributed by atoms with Crippen LogP contribution in [0.1, 0.15) is 55.9 Å². The van der Waals surface area contributed by atoms with Gasteiger partial charge in [-0.3, -0.25) is 4.79 Å². The van der Waals surface area contributed by atoms with Crippen LogP contribution in [0.2, 0.25) is 0 Å². The van der Waals surface area contributed by atoms with Gasteiger partial charge in [-0.2, -0.15) is 0 Å². The van der Waals surface area contributed by atoms with E-state index in [1.54, 1.807) is 25.1 Å². The molecule has 128 valence electrons. The van der Waals surface area contributed by atoms with Crippen molar-refractivity contribution in [3.8, 4) is 0 Å². The van der Waals surface area contributed by atoms with Crippen LogP contribution in [0, 0.1) is 17.8 Å². The minimum Gasteiger partial charge on any atom is -0.448 e. The summed E-state index contributed by atoms with van der Waals surface area (Å²) >= 11 is 0. The molecule has 0 aliphatic heterocycles. The fourth-order valence-corrected chi connectivity index (χ4v) is 5.38. The summed E-state index contributed by atoms with van der Waals surface area (Å²) < 4.78 is 5.30. The summed E-state index contributed by atoms with van der Waals surface area (Å²) in [5, 5.41) is 3.24. The average molecular weight is 328 g/mol. The van der Waals surface area contributed by atoms with Gasteiger partial charge in [0.1, 0.15) is 5.69 Å². The van der Waals surface area contributed by atoms with E-state index >= 15 is 0 Å². The van der Waals surface area contributed by atoms with E-state index in [0.29, 0.717) is 0 Å². The van der Waals surface area contributed by atoms with Crippen molar-refractivity contribution in [2.45, 2.75) is 57.1 Å². The van der Waals surface area contributed by atoms with Gasteiger partial charge in [0, 0.05) is 11.7 Å². The number of nitrogens with zero attached hydrogens (tertiary/aromatic N) is 1. The summed E-state index contributed by atoms with van der Waals surface area (Å²) in [4.78, 5) is 28.6. The largest absolute Gasteiger partial charge is 0.448 e. The zero-order valence-corrected chi connectivity index (χ0v) is 14.0. The number of carbonyl (C=O) groups excluding carboxylic acids is 2. The number of esters is 1. The zero-order valence-electron chi connectivity index (χ0n) is 14.0. The lowest BCUT2D eigenvalue weighted by Gasteiger charge is -2.57. The number of hydrogen-bond donors (Lipinski definition) is 1. The van der Waals surface area contributed by atoms with Gasteiger partial charge in [0.2, 0.25) is 0 Å². The quantitative estimate of drug-likeness (QED) is 0.863. The van der Waals surface area contributed by atoms with Crippen LogP contribution in [0.4, 0.5) is 0 Å². The molecule has 4 bridgehead atoms. The molecule has 4 saturated carbocycles. The smallest absolute Gasteiger partial charge is 0.357 e. The Balaban J connectivity index is 1.38. The van der Waals surface area contributed by atoms with Crippen LogP contribution in [-0.2, 0) is 9.53 Å². The van der Waals surface area contributed by atoms with E-state index in [2.05, 4.69) is 10.3 Å². The second-order valence-corrected chi connectivity index (χ2v) is 7.95. The monoisotopic (exact) mass is 328 g/mol. The van der Waals surface area contributed by atoms with E-state index in [-0.39, 0.29) is 17.1 Å². The summed E-state index contributed by atoms with van der Waals surface area (Å²) in [5.41, 5.74) is 0.171. The minimum absolute atomic E-state index is 0.0580. The Kier molecular flexibility index (Phi) is 3.82. The molecule has 1 aromatic rings. The zero-order chi connectivity index (χ0) is 16.7. The molecule has 1 heterocycles. The fraction of sp³-hybridized carbons (Fsp3) is 0.632. The highest BCUT2D eigenvalue weighted by Gasteiger charge is 2.51. The Labute approximate surface area is 142 Å². The number of hydrogen-bond acceptors (Lipinski definition) is 4. The Hall–Kier alpha value is -1.91. The van der Waals surface area contributed by atoms with Crippen molar-refractivity contribution in [1.29, 1.82) is 0 Å². The SMILES string of the molecule is C[C@H](OC(=O)c1ccccn1)C(=O)NC12CC3CC(CC(C3)C1)C2. The molecule has 4 aliphatic rings. The lowest BCUT2D eigenvalue weighted by atomic mass is 9.53. The van der Waals surface area contributed by atoms with Gasteiger partial charge in [-0.05, 0) is 75.3 Å². The molecule has 0 unspecified atom stereocenters. The van der Waals surface area contributed by atoms with Crippen LogP contribution >= 0.6 is 0 Å². The van der Waals surface area contributed by atoms with Crippen molar-refractivity contribution in [1.82, 2.24) is 10.3 Å². The molecule has 1 amide bonds. The Morgan fingerprint density at radius 1 is 1.17 bits per heavy atom. The number of carbonyl (C=O) groups is 2. The van der Waals surface area contributed by atoms with Crippen molar-refractivity contribution in [2.75, 3.05) is 0 Å². The normalized spacial score (nSPS) is 34.6. The second kappa shape index (κ2) is 5.87. The predicted octanol–water partition coefficient (Wildman–Crippen LogP) is 2.71. The maximum atomic E-state index is 12.6. The van der Waals surface area contributed by atoms with Crippen LogP contribution in [0.3, 0.4) is 0 Å². The maximum Gasteiger partial charge on any atom is 0.357 e. The second-order valence-electron chi connectivity index (χ2n) is 7.95. The molecule has 4 fully saturated rings. The molecule has 1 N–H and O–H groups in total. The van der Waals surface area contributed by atoms with Gasteiger partial charge < -0.3 is 10.1 Å². The van der Waals surface area contributed by atoms with Crippen LogP contribution in [0.25, 0.3) is 0 Å². The van der Waals surface area contributed by atoms with E-state index in [0.717, 1.165) is 37.0 Å². The fourth-order valence-electron chi connectivity index (χ4n) is 5.38. The summed E-state index contributed by atoms with van der Waals surface area (Å²) in [7, 11) is 0. The Bertz CT molecular complexity index is 608. The molecule has 0 saturated heterocycles. The first-order valence-electron chi connectivity index (χ1n) is 8.97. The Morgan fingerprint density at radius 3 is 2.33 bits per heavy atom. The molecule has 1 aromatic heterocycles. The van der Waals surface area contributed by atoms with E-state index in [4.69, 9.17) is 4.74 Å². The number of ether oxygens (including phenoxy) is 1. The molecule has 0 aromatic carbocycles. The minimum atomic E-state index is -0.799. The van der Waals surface area contributed by atoms with Crippen molar-refractivity contribution < 1.29 is 14.3 Å². The topological polar surface area (TPSA) is 68.3 Å². The van der Waals surface area contributed by atoms with Crippen molar-refractivity contribution >= 4 is 11.9 Å². The van der Waals surface area contributed by atoms with Gasteiger partial charge in [0.15, 0.2) is 6.10 Å². The maximum absolute atomic E-state index is 12.6. The molecule has 5 heteroatoms. The first-order valence-corrected chi connectivity index (χ1v) is 8.97. The molecule has 5 nitrogen and oxygen atoms in total. The van der Waals surface area contributed by atoms with Crippen LogP contribution in [0.15, 0.2) is 24.4 Å². The predicted molar refractivity (Wildman–Crippen MR) is 88.2 cm³/mol. The van der Waals surface area contributed by atoms with Gasteiger partial charge in [0.05, 0.1) is 0 Å². The summed E-state index contributed by atoms with van der Waals surface area (Å²) in [6.07, 6.45) is 8.00. The molecular weight excluding hydrogens is 304 g/mol. The summed E-state index contributed by atoms with van der Waals surface area (Å²) in [5.74, 6) is 1.57. The van der Waals surface area contributed by atoms with Gasteiger partial charge >= 0.3 is 5.97 Å². The third kappa shape index (κ3) is 2.92. The number of rotatable bonds is 4. The standard InChI is InChI=1S/C19H24N2O3/c1-12(24-18(23)16-4-2-3-5-20-16)17(22)21-19-9-13-6-14(10-19)8-15(7-13)11-19/h2-5,12-15H,6-11H2,1H3,(H,21,22)/t12-,13?,14?,15?,19?/m0/s1. The van der Waals surface area contributed by atoms with E-state index < -0.39 is 12.1 Å². The number of aromatic nitrogens is 1. The summed E-state index contributed by atoms with van der Waals surface area (Å²) in [6.45, 7) is 1.64. The molecule has 1 atom stereocenters.